The van der Waals surface area contributed by atoms with E-state index < -0.39 is 11.9 Å². The Balaban J connectivity index is 3.76. The Morgan fingerprint density at radius 1 is 1.50 bits per heavy atom. The SMILES string of the molecule is COCC(CC(N)C(N)=O)OC. The Morgan fingerprint density at radius 2 is 2.08 bits per heavy atom. The highest BCUT2D eigenvalue weighted by atomic mass is 16.5. The standard InChI is InChI=1S/C7H16N2O3/c1-11-4-5(12-2)3-6(8)7(9)10/h5-6H,3-4,8H2,1-2H3,(H2,9,10). The normalized spacial score (nSPS) is 15.6. The number of ether oxygens (including phenoxy) is 2. The van der Waals surface area contributed by atoms with Crippen molar-refractivity contribution in [2.24, 2.45) is 11.5 Å². The first-order valence-corrected chi connectivity index (χ1v) is 3.68. The molecule has 0 aliphatic carbocycles. The fourth-order valence-corrected chi connectivity index (χ4v) is 0.818. The predicted molar refractivity (Wildman–Crippen MR) is 44.5 cm³/mol. The fourth-order valence-electron chi connectivity index (χ4n) is 0.818. The Labute approximate surface area is 72.0 Å². The number of hydrogen-bond acceptors (Lipinski definition) is 4. The molecule has 5 nitrogen and oxygen atoms in total. The first-order valence-electron chi connectivity index (χ1n) is 3.68. The molecule has 0 spiro atoms. The molecule has 72 valence electrons. The van der Waals surface area contributed by atoms with Gasteiger partial charge in [0, 0.05) is 14.2 Å². The van der Waals surface area contributed by atoms with E-state index in [2.05, 4.69) is 0 Å². The lowest BCUT2D eigenvalue weighted by molar-refractivity contribution is -0.120. The van der Waals surface area contributed by atoms with Gasteiger partial charge in [0.25, 0.3) is 0 Å². The molecule has 0 rings (SSSR count). The van der Waals surface area contributed by atoms with Crippen molar-refractivity contribution in [2.45, 2.75) is 18.6 Å². The summed E-state index contributed by atoms with van der Waals surface area (Å²) in [4.78, 5) is 10.6. The minimum absolute atomic E-state index is 0.169. The quantitative estimate of drug-likeness (QED) is 0.535. The van der Waals surface area contributed by atoms with Crippen molar-refractivity contribution in [1.29, 1.82) is 0 Å². The van der Waals surface area contributed by atoms with E-state index in [-0.39, 0.29) is 6.10 Å². The number of carbonyl (C=O) groups excluding carboxylic acids is 1. The summed E-state index contributed by atoms with van der Waals surface area (Å²) in [7, 11) is 3.10. The van der Waals surface area contributed by atoms with Crippen molar-refractivity contribution in [3.05, 3.63) is 0 Å². The minimum Gasteiger partial charge on any atom is -0.382 e. The van der Waals surface area contributed by atoms with Gasteiger partial charge in [0.2, 0.25) is 5.91 Å². The number of methoxy groups -OCH3 is 2. The fraction of sp³-hybridized carbons (Fsp3) is 0.857. The summed E-state index contributed by atoms with van der Waals surface area (Å²) >= 11 is 0. The van der Waals surface area contributed by atoms with Gasteiger partial charge in [0.1, 0.15) is 0 Å². The average Bonchev–Trinajstić information content (AvgIpc) is 2.03. The predicted octanol–water partition coefficient (Wildman–Crippen LogP) is -1.15. The molecule has 0 bridgehead atoms. The van der Waals surface area contributed by atoms with Crippen molar-refractivity contribution in [2.75, 3.05) is 20.8 Å². The zero-order chi connectivity index (χ0) is 9.56. The van der Waals surface area contributed by atoms with E-state index in [9.17, 15) is 4.79 Å². The molecule has 0 aliphatic rings. The smallest absolute Gasteiger partial charge is 0.234 e. The summed E-state index contributed by atoms with van der Waals surface area (Å²) < 4.78 is 9.84. The Hall–Kier alpha value is -0.650. The third-order valence-electron chi connectivity index (χ3n) is 1.57. The number of rotatable bonds is 6. The molecule has 0 aromatic heterocycles. The zero-order valence-corrected chi connectivity index (χ0v) is 7.45. The number of carbonyl (C=O) groups is 1. The van der Waals surface area contributed by atoms with Gasteiger partial charge in [-0.2, -0.15) is 0 Å². The van der Waals surface area contributed by atoms with Crippen LogP contribution in [-0.4, -0.2) is 38.9 Å². The highest BCUT2D eigenvalue weighted by Crippen LogP contribution is 2.00. The van der Waals surface area contributed by atoms with Crippen molar-refractivity contribution < 1.29 is 14.3 Å². The highest BCUT2D eigenvalue weighted by Gasteiger charge is 2.16. The van der Waals surface area contributed by atoms with E-state index >= 15 is 0 Å². The van der Waals surface area contributed by atoms with Crippen molar-refractivity contribution in [1.82, 2.24) is 0 Å². The van der Waals surface area contributed by atoms with Gasteiger partial charge in [-0.15, -0.1) is 0 Å². The van der Waals surface area contributed by atoms with Crippen LogP contribution in [0.5, 0.6) is 0 Å². The minimum atomic E-state index is -0.662. The molecule has 2 atom stereocenters. The molecular weight excluding hydrogens is 160 g/mol. The lowest BCUT2D eigenvalue weighted by Gasteiger charge is -2.16. The molecule has 0 aromatic rings. The molecule has 5 heteroatoms. The molecule has 0 aliphatic heterocycles. The zero-order valence-electron chi connectivity index (χ0n) is 7.45. The van der Waals surface area contributed by atoms with Gasteiger partial charge in [-0.1, -0.05) is 0 Å². The van der Waals surface area contributed by atoms with Crippen molar-refractivity contribution >= 4 is 5.91 Å². The van der Waals surface area contributed by atoms with Crippen LogP contribution in [0.3, 0.4) is 0 Å². The number of amides is 1. The van der Waals surface area contributed by atoms with Crippen LogP contribution in [0.2, 0.25) is 0 Å². The van der Waals surface area contributed by atoms with E-state index in [0.29, 0.717) is 13.0 Å². The van der Waals surface area contributed by atoms with Gasteiger partial charge in [-0.05, 0) is 6.42 Å². The third-order valence-corrected chi connectivity index (χ3v) is 1.57. The Kier molecular flexibility index (Phi) is 5.61. The molecular formula is C7H16N2O3. The maximum Gasteiger partial charge on any atom is 0.234 e. The maximum atomic E-state index is 10.6. The van der Waals surface area contributed by atoms with E-state index in [0.717, 1.165) is 0 Å². The van der Waals surface area contributed by atoms with Crippen LogP contribution in [0.15, 0.2) is 0 Å². The van der Waals surface area contributed by atoms with Crippen molar-refractivity contribution in [3.8, 4) is 0 Å². The summed E-state index contributed by atoms with van der Waals surface area (Å²) in [6.45, 7) is 0.414. The van der Waals surface area contributed by atoms with E-state index in [1.54, 1.807) is 7.11 Å². The van der Waals surface area contributed by atoms with E-state index in [4.69, 9.17) is 20.9 Å². The molecule has 0 radical (unpaired) electrons. The van der Waals surface area contributed by atoms with E-state index in [1.165, 1.54) is 7.11 Å². The molecule has 0 heterocycles. The molecule has 12 heavy (non-hydrogen) atoms. The van der Waals surface area contributed by atoms with Crippen LogP contribution in [0.4, 0.5) is 0 Å². The molecule has 0 fully saturated rings. The first kappa shape index (κ1) is 11.4. The van der Waals surface area contributed by atoms with Crippen LogP contribution >= 0.6 is 0 Å². The monoisotopic (exact) mass is 176 g/mol. The number of hydrogen-bond donors (Lipinski definition) is 2. The first-order chi connectivity index (χ1) is 5.61. The van der Waals surface area contributed by atoms with Gasteiger partial charge in [-0.25, -0.2) is 0 Å². The molecule has 1 amide bonds. The largest absolute Gasteiger partial charge is 0.382 e. The molecule has 0 aromatic carbocycles. The Bertz CT molecular complexity index is 141. The number of nitrogens with two attached hydrogens (primary N) is 2. The summed E-state index contributed by atoms with van der Waals surface area (Å²) in [5, 5.41) is 0. The lowest BCUT2D eigenvalue weighted by Crippen LogP contribution is -2.40. The second-order valence-electron chi connectivity index (χ2n) is 2.56. The Morgan fingerprint density at radius 3 is 2.42 bits per heavy atom. The summed E-state index contributed by atoms with van der Waals surface area (Å²) in [5.74, 6) is -0.520. The molecule has 0 saturated heterocycles. The van der Waals surface area contributed by atoms with Crippen LogP contribution in [0.25, 0.3) is 0 Å². The third kappa shape index (κ3) is 4.27. The van der Waals surface area contributed by atoms with E-state index in [1.807, 2.05) is 0 Å². The van der Waals surface area contributed by atoms with Gasteiger partial charge < -0.3 is 20.9 Å². The van der Waals surface area contributed by atoms with Crippen molar-refractivity contribution in [3.63, 3.8) is 0 Å². The molecule has 2 unspecified atom stereocenters. The average molecular weight is 176 g/mol. The van der Waals surface area contributed by atoms with Crippen LogP contribution in [0, 0.1) is 0 Å². The van der Waals surface area contributed by atoms with Gasteiger partial charge in [0.15, 0.2) is 0 Å². The summed E-state index contributed by atoms with van der Waals surface area (Å²) in [6.07, 6.45) is 0.220. The van der Waals surface area contributed by atoms with Gasteiger partial charge in [-0.3, -0.25) is 4.79 Å². The second kappa shape index (κ2) is 5.93. The highest BCUT2D eigenvalue weighted by molar-refractivity contribution is 5.79. The van der Waals surface area contributed by atoms with Crippen LogP contribution in [-0.2, 0) is 14.3 Å². The summed E-state index contributed by atoms with van der Waals surface area (Å²) in [5.41, 5.74) is 10.4. The van der Waals surface area contributed by atoms with Crippen LogP contribution in [0.1, 0.15) is 6.42 Å². The van der Waals surface area contributed by atoms with Gasteiger partial charge in [0.05, 0.1) is 18.8 Å². The topological polar surface area (TPSA) is 87.6 Å². The lowest BCUT2D eigenvalue weighted by atomic mass is 10.1. The second-order valence-corrected chi connectivity index (χ2v) is 2.56. The van der Waals surface area contributed by atoms with Crippen LogP contribution < -0.4 is 11.5 Å². The summed E-state index contributed by atoms with van der Waals surface area (Å²) in [6, 6.07) is -0.662. The molecule has 0 saturated carbocycles. The number of primary amides is 1. The molecule has 4 N–H and O–H groups in total. The van der Waals surface area contributed by atoms with Gasteiger partial charge >= 0.3 is 0 Å². The maximum absolute atomic E-state index is 10.6.